The van der Waals surface area contributed by atoms with Gasteiger partial charge in [0.2, 0.25) is 0 Å². The third kappa shape index (κ3) is 3.38. The van der Waals surface area contributed by atoms with Crippen molar-refractivity contribution in [3.8, 4) is 0 Å². The van der Waals surface area contributed by atoms with Crippen molar-refractivity contribution in [3.63, 3.8) is 0 Å². The van der Waals surface area contributed by atoms with E-state index in [4.69, 9.17) is 3.63 Å². The first-order valence-corrected chi connectivity index (χ1v) is 10.8. The highest BCUT2D eigenvalue weighted by Crippen LogP contribution is 2.69. The van der Waals surface area contributed by atoms with Crippen molar-refractivity contribution in [2.24, 2.45) is 0 Å². The number of rotatable bonds is 5. The van der Waals surface area contributed by atoms with Crippen molar-refractivity contribution >= 4 is 20.4 Å². The molecule has 0 amide bonds. The van der Waals surface area contributed by atoms with E-state index in [0.717, 1.165) is 20.9 Å². The van der Waals surface area contributed by atoms with Crippen LogP contribution in [0.15, 0.2) is 106 Å². The van der Waals surface area contributed by atoms with E-state index in [1.54, 1.807) is 0 Å². The number of hydrogen-bond acceptors (Lipinski definition) is 3. The molecule has 3 rings (SSSR count). The third-order valence-corrected chi connectivity index (χ3v) is 8.06. The van der Waals surface area contributed by atoms with Crippen LogP contribution in [-0.2, 0) is 13.7 Å². The Morgan fingerprint density at radius 1 is 0.583 bits per heavy atom. The molecule has 3 aromatic rings. The summed E-state index contributed by atoms with van der Waals surface area (Å²) in [5, 5.41) is 0. The van der Waals surface area contributed by atoms with Gasteiger partial charge in [0.1, 0.15) is 0 Å². The van der Waals surface area contributed by atoms with Crippen molar-refractivity contribution in [2.75, 3.05) is 6.26 Å². The van der Waals surface area contributed by atoms with Gasteiger partial charge in [-0.3, -0.25) is 0 Å². The molecule has 0 atom stereocenters. The molecule has 0 aromatic heterocycles. The summed E-state index contributed by atoms with van der Waals surface area (Å²) in [5.74, 6) is 0. The summed E-state index contributed by atoms with van der Waals surface area (Å²) < 4.78 is 30.2. The van der Waals surface area contributed by atoms with Crippen LogP contribution in [0.4, 0.5) is 0 Å². The molecule has 24 heavy (non-hydrogen) atoms. The van der Waals surface area contributed by atoms with E-state index in [1.165, 1.54) is 0 Å². The predicted octanol–water partition coefficient (Wildman–Crippen LogP) is 4.86. The Balaban J connectivity index is 2.37. The Morgan fingerprint density at radius 2 is 0.875 bits per heavy atom. The number of benzene rings is 3. The summed E-state index contributed by atoms with van der Waals surface area (Å²) in [7, 11) is -6.07. The molecule has 3 aromatic carbocycles. The van der Waals surface area contributed by atoms with Crippen LogP contribution in [0, 0.1) is 0 Å². The molecule has 0 N–H and O–H groups in total. The zero-order chi connectivity index (χ0) is 17.0. The molecule has 0 spiro atoms. The molecule has 0 unspecified atom stereocenters. The molecule has 0 saturated carbocycles. The van der Waals surface area contributed by atoms with Gasteiger partial charge in [-0.05, 0) is 46.7 Å². The van der Waals surface area contributed by atoms with Crippen LogP contribution in [0.3, 0.4) is 0 Å². The Labute approximate surface area is 144 Å². The Hall–Kier alpha value is -2.08. The van der Waals surface area contributed by atoms with Gasteiger partial charge in [0, 0.05) is 14.7 Å². The van der Waals surface area contributed by atoms with Crippen LogP contribution in [-0.4, -0.2) is 14.7 Å². The van der Waals surface area contributed by atoms with E-state index in [-0.39, 0.29) is 0 Å². The quantitative estimate of drug-likeness (QED) is 0.654. The summed E-state index contributed by atoms with van der Waals surface area (Å²) >= 11 is 0. The largest absolute Gasteiger partial charge is 0.274 e. The zero-order valence-corrected chi connectivity index (χ0v) is 14.8. The zero-order valence-electron chi connectivity index (χ0n) is 13.2. The lowest BCUT2D eigenvalue weighted by Gasteiger charge is -2.38. The molecule has 3 nitrogen and oxygen atoms in total. The maximum atomic E-state index is 12.2. The number of hydrogen-bond donors (Lipinski definition) is 0. The third-order valence-electron chi connectivity index (χ3n) is 3.45. The maximum absolute atomic E-state index is 12.2. The van der Waals surface area contributed by atoms with E-state index >= 15 is 0 Å². The van der Waals surface area contributed by atoms with Crippen LogP contribution in [0.1, 0.15) is 0 Å². The van der Waals surface area contributed by atoms with Gasteiger partial charge in [-0.25, -0.2) is 3.63 Å². The standard InChI is InChI=1S/C19H18O3S2/c1-23(20,21)22-24(17-11-5-2-6-12-17,18-13-7-3-8-14-18)19-15-9-4-10-16-19/h2-16H,1H3. The highest BCUT2D eigenvalue weighted by Gasteiger charge is 2.35. The van der Waals surface area contributed by atoms with Crippen molar-refractivity contribution in [2.45, 2.75) is 14.7 Å². The van der Waals surface area contributed by atoms with Gasteiger partial charge in [-0.2, -0.15) is 8.42 Å². The van der Waals surface area contributed by atoms with Gasteiger partial charge < -0.3 is 0 Å². The molecular weight excluding hydrogens is 340 g/mol. The first kappa shape index (κ1) is 16.8. The lowest BCUT2D eigenvalue weighted by Crippen LogP contribution is -2.12. The second-order valence-corrected chi connectivity index (χ2v) is 9.75. The van der Waals surface area contributed by atoms with Gasteiger partial charge >= 0.3 is 0 Å². The smallest absolute Gasteiger partial charge is 0.207 e. The van der Waals surface area contributed by atoms with E-state index in [2.05, 4.69) is 0 Å². The van der Waals surface area contributed by atoms with Crippen LogP contribution in [0.5, 0.6) is 0 Å². The highest BCUT2D eigenvalue weighted by molar-refractivity contribution is 8.33. The minimum absolute atomic E-state index is 0.841. The minimum Gasteiger partial charge on any atom is -0.207 e. The summed E-state index contributed by atoms with van der Waals surface area (Å²) in [6.07, 6.45) is 1.10. The molecule has 5 heteroatoms. The fourth-order valence-electron chi connectivity index (χ4n) is 2.55. The van der Waals surface area contributed by atoms with Crippen molar-refractivity contribution < 1.29 is 12.0 Å². The summed E-state index contributed by atoms with van der Waals surface area (Å²) in [4.78, 5) is 2.52. The summed E-state index contributed by atoms with van der Waals surface area (Å²) in [6, 6.07) is 28.6. The molecule has 0 fully saturated rings. The molecular formula is C19H18O3S2. The van der Waals surface area contributed by atoms with E-state index < -0.39 is 20.4 Å². The van der Waals surface area contributed by atoms with E-state index in [1.807, 2.05) is 91.0 Å². The molecule has 0 aliphatic heterocycles. The molecule has 0 radical (unpaired) electrons. The molecule has 0 aliphatic carbocycles. The Bertz CT molecular complexity index is 796. The van der Waals surface area contributed by atoms with Gasteiger partial charge in [0.15, 0.2) is 0 Å². The predicted molar refractivity (Wildman–Crippen MR) is 97.6 cm³/mol. The van der Waals surface area contributed by atoms with E-state index in [9.17, 15) is 8.42 Å². The topological polar surface area (TPSA) is 43.4 Å². The van der Waals surface area contributed by atoms with Gasteiger partial charge in [0.05, 0.1) is 6.26 Å². The normalized spacial score (nSPS) is 12.7. The lowest BCUT2D eigenvalue weighted by atomic mass is 10.4. The first-order chi connectivity index (χ1) is 11.5. The fraction of sp³-hybridized carbons (Fsp3) is 0.0526. The van der Waals surface area contributed by atoms with Crippen LogP contribution < -0.4 is 0 Å². The van der Waals surface area contributed by atoms with Gasteiger partial charge in [-0.15, -0.1) is 0 Å². The summed E-state index contributed by atoms with van der Waals surface area (Å²) in [5.41, 5.74) is 0. The fourth-order valence-corrected chi connectivity index (χ4v) is 7.41. The van der Waals surface area contributed by atoms with Crippen molar-refractivity contribution in [1.29, 1.82) is 0 Å². The molecule has 0 bridgehead atoms. The van der Waals surface area contributed by atoms with Gasteiger partial charge in [-0.1, -0.05) is 54.6 Å². The second kappa shape index (κ2) is 6.81. The second-order valence-electron chi connectivity index (χ2n) is 5.27. The monoisotopic (exact) mass is 358 g/mol. The van der Waals surface area contributed by atoms with Crippen LogP contribution >= 0.6 is 10.3 Å². The molecule has 0 heterocycles. The minimum atomic E-state index is -3.69. The van der Waals surface area contributed by atoms with Crippen molar-refractivity contribution in [1.82, 2.24) is 0 Å². The van der Waals surface area contributed by atoms with Crippen LogP contribution in [0.25, 0.3) is 0 Å². The SMILES string of the molecule is CS(=O)(=O)OS(c1ccccc1)(c1ccccc1)c1ccccc1. The van der Waals surface area contributed by atoms with Crippen LogP contribution in [0.2, 0.25) is 0 Å². The van der Waals surface area contributed by atoms with Crippen molar-refractivity contribution in [3.05, 3.63) is 91.0 Å². The Kier molecular flexibility index (Phi) is 4.76. The maximum Gasteiger partial charge on any atom is 0.274 e. The molecule has 0 saturated heterocycles. The molecule has 124 valence electrons. The molecule has 0 aliphatic rings. The van der Waals surface area contributed by atoms with Gasteiger partial charge in [0.25, 0.3) is 10.1 Å². The average molecular weight is 358 g/mol. The highest BCUT2D eigenvalue weighted by atomic mass is 32.3. The Morgan fingerprint density at radius 3 is 1.12 bits per heavy atom. The first-order valence-electron chi connectivity index (χ1n) is 7.42. The summed E-state index contributed by atoms with van der Waals surface area (Å²) in [6.45, 7) is 0. The average Bonchev–Trinajstić information content (AvgIpc) is 2.61. The lowest BCUT2D eigenvalue weighted by molar-refractivity contribution is 0.515. The van der Waals surface area contributed by atoms with E-state index in [0.29, 0.717) is 0 Å².